The van der Waals surface area contributed by atoms with Gasteiger partial charge in [0.15, 0.2) is 0 Å². The molecule has 0 unspecified atom stereocenters. The van der Waals surface area contributed by atoms with E-state index in [4.69, 9.17) is 29.0 Å². The maximum Gasteiger partial charge on any atom is 0.509 e. The highest BCUT2D eigenvalue weighted by Crippen LogP contribution is 2.23. The van der Waals surface area contributed by atoms with Crippen molar-refractivity contribution in [2.75, 3.05) is 13.2 Å². The molecule has 0 aromatic rings. The van der Waals surface area contributed by atoms with Gasteiger partial charge in [-0.25, -0.2) is 24.3 Å². The highest BCUT2D eigenvalue weighted by Gasteiger charge is 2.31. The smallest absolute Gasteiger partial charge is 0.426 e. The average Bonchev–Trinajstić information content (AvgIpc) is 2.62. The largest absolute Gasteiger partial charge is 0.509 e. The van der Waals surface area contributed by atoms with Gasteiger partial charge in [-0.2, -0.15) is 0 Å². The Balaban J connectivity index is 1.62. The van der Waals surface area contributed by atoms with Gasteiger partial charge in [-0.3, -0.25) is 0 Å². The summed E-state index contributed by atoms with van der Waals surface area (Å²) in [7, 11) is 0. The fraction of sp³-hybridized carbons (Fsp3) is 0.952. The third kappa shape index (κ3) is 9.54. The monoisotopic (exact) mass is 402 g/mol. The summed E-state index contributed by atoms with van der Waals surface area (Å²) in [6.45, 7) is 7.31. The van der Waals surface area contributed by atoms with Gasteiger partial charge in [0.25, 0.3) is 0 Å². The average molecular weight is 403 g/mol. The summed E-state index contributed by atoms with van der Waals surface area (Å²) < 4.78 is 10.8. The molecule has 2 rings (SSSR count). The molecule has 0 saturated heterocycles. The molecule has 7 nitrogen and oxygen atoms in total. The molecular formula is C21H38O7. The van der Waals surface area contributed by atoms with Gasteiger partial charge in [0.05, 0.1) is 12.2 Å². The first kappa shape index (κ1) is 23.4. The van der Waals surface area contributed by atoms with E-state index in [1.165, 1.54) is 38.5 Å². The van der Waals surface area contributed by atoms with Crippen LogP contribution >= 0.6 is 0 Å². The Hall–Kier alpha value is -0.890. The van der Waals surface area contributed by atoms with E-state index in [-0.39, 0.29) is 25.4 Å². The quantitative estimate of drug-likeness (QED) is 0.280. The van der Waals surface area contributed by atoms with Crippen molar-refractivity contribution in [1.29, 1.82) is 0 Å². The van der Waals surface area contributed by atoms with Crippen molar-refractivity contribution >= 4 is 6.16 Å². The van der Waals surface area contributed by atoms with E-state index >= 15 is 0 Å². The zero-order chi connectivity index (χ0) is 20.5. The van der Waals surface area contributed by atoms with Crippen LogP contribution in [0.15, 0.2) is 0 Å². The molecule has 2 aliphatic carbocycles. The van der Waals surface area contributed by atoms with Gasteiger partial charge in [0, 0.05) is 0 Å². The molecule has 0 bridgehead atoms. The summed E-state index contributed by atoms with van der Waals surface area (Å²) in [6, 6.07) is 0. The molecule has 28 heavy (non-hydrogen) atoms. The normalized spacial score (nSPS) is 20.1. The Morgan fingerprint density at radius 1 is 0.679 bits per heavy atom. The summed E-state index contributed by atoms with van der Waals surface area (Å²) in [4.78, 5) is 33.7. The molecule has 2 fully saturated rings. The van der Waals surface area contributed by atoms with Crippen LogP contribution in [0.3, 0.4) is 0 Å². The van der Waals surface area contributed by atoms with Gasteiger partial charge in [0.2, 0.25) is 0 Å². The Kier molecular flexibility index (Phi) is 9.47. The highest BCUT2D eigenvalue weighted by atomic mass is 17.2. The van der Waals surface area contributed by atoms with Crippen molar-refractivity contribution in [3.05, 3.63) is 0 Å². The predicted octanol–water partition coefficient (Wildman–Crippen LogP) is 5.26. The Morgan fingerprint density at radius 2 is 1.04 bits per heavy atom. The van der Waals surface area contributed by atoms with E-state index in [0.717, 1.165) is 25.7 Å². The molecule has 0 aromatic heterocycles. The van der Waals surface area contributed by atoms with Crippen molar-refractivity contribution in [3.8, 4) is 0 Å². The zero-order valence-electron chi connectivity index (χ0n) is 18.0. The SMILES string of the molecule is CC(C)(COOC1CCCCC1)OC(=O)OC(C)(C)COOC1CCCCC1. The lowest BCUT2D eigenvalue weighted by Crippen LogP contribution is -2.39. The van der Waals surface area contributed by atoms with Gasteiger partial charge in [-0.05, 0) is 53.4 Å². The van der Waals surface area contributed by atoms with Crippen LogP contribution in [-0.4, -0.2) is 42.8 Å². The third-order valence-electron chi connectivity index (χ3n) is 5.04. The molecule has 7 heteroatoms. The minimum atomic E-state index is -0.860. The highest BCUT2D eigenvalue weighted by molar-refractivity contribution is 5.61. The molecule has 0 aromatic carbocycles. The van der Waals surface area contributed by atoms with E-state index in [9.17, 15) is 4.79 Å². The summed E-state index contributed by atoms with van der Waals surface area (Å²) in [5, 5.41) is 0. The molecule has 164 valence electrons. The molecule has 0 aliphatic heterocycles. The van der Waals surface area contributed by atoms with Gasteiger partial charge in [-0.1, -0.05) is 38.5 Å². The van der Waals surface area contributed by atoms with Crippen LogP contribution in [0, 0.1) is 0 Å². The van der Waals surface area contributed by atoms with Crippen molar-refractivity contribution in [1.82, 2.24) is 0 Å². The fourth-order valence-corrected chi connectivity index (χ4v) is 3.40. The number of rotatable bonds is 10. The van der Waals surface area contributed by atoms with E-state index in [1.807, 2.05) is 0 Å². The minimum Gasteiger partial charge on any atom is -0.426 e. The van der Waals surface area contributed by atoms with Gasteiger partial charge >= 0.3 is 6.16 Å². The van der Waals surface area contributed by atoms with Crippen LogP contribution < -0.4 is 0 Å². The standard InChI is InChI=1S/C21H38O7/c1-20(2,15-23-27-17-11-7-5-8-12-17)25-19(22)26-21(3,4)16-24-28-18-13-9-6-10-14-18/h17-18H,5-16H2,1-4H3. The molecule has 0 amide bonds. The van der Waals surface area contributed by atoms with Crippen molar-refractivity contribution < 1.29 is 33.8 Å². The van der Waals surface area contributed by atoms with Gasteiger partial charge < -0.3 is 9.47 Å². The summed E-state index contributed by atoms with van der Waals surface area (Å²) in [6.07, 6.45) is 10.7. The van der Waals surface area contributed by atoms with Crippen molar-refractivity contribution in [2.24, 2.45) is 0 Å². The second-order valence-electron chi connectivity index (χ2n) is 9.21. The molecule has 0 spiro atoms. The zero-order valence-corrected chi connectivity index (χ0v) is 18.0. The first-order valence-corrected chi connectivity index (χ1v) is 10.7. The molecule has 2 aliphatic rings. The van der Waals surface area contributed by atoms with Crippen LogP contribution in [-0.2, 0) is 29.0 Å². The summed E-state index contributed by atoms with van der Waals surface area (Å²) in [5.74, 6) is 0. The lowest BCUT2D eigenvalue weighted by molar-refractivity contribution is -0.347. The van der Waals surface area contributed by atoms with Crippen LogP contribution in [0.1, 0.15) is 91.9 Å². The van der Waals surface area contributed by atoms with E-state index < -0.39 is 17.4 Å². The van der Waals surface area contributed by atoms with Crippen molar-refractivity contribution in [3.63, 3.8) is 0 Å². The fourth-order valence-electron chi connectivity index (χ4n) is 3.40. The molecule has 0 heterocycles. The predicted molar refractivity (Wildman–Crippen MR) is 104 cm³/mol. The Labute approximate surface area is 169 Å². The number of hydrogen-bond acceptors (Lipinski definition) is 7. The number of carbonyl (C=O) groups is 1. The lowest BCUT2D eigenvalue weighted by Gasteiger charge is -2.29. The molecule has 0 radical (unpaired) electrons. The molecule has 0 atom stereocenters. The third-order valence-corrected chi connectivity index (χ3v) is 5.04. The second-order valence-corrected chi connectivity index (χ2v) is 9.21. The molecule has 0 N–H and O–H groups in total. The summed E-state index contributed by atoms with van der Waals surface area (Å²) >= 11 is 0. The maximum atomic E-state index is 12.2. The second kappa shape index (κ2) is 11.3. The lowest BCUT2D eigenvalue weighted by atomic mass is 9.98. The number of carbonyl (C=O) groups excluding carboxylic acids is 1. The number of ether oxygens (including phenoxy) is 2. The van der Waals surface area contributed by atoms with Crippen LogP contribution in [0.5, 0.6) is 0 Å². The van der Waals surface area contributed by atoms with E-state index in [1.54, 1.807) is 27.7 Å². The first-order chi connectivity index (χ1) is 13.3. The Morgan fingerprint density at radius 3 is 1.39 bits per heavy atom. The van der Waals surface area contributed by atoms with Crippen LogP contribution in [0.2, 0.25) is 0 Å². The van der Waals surface area contributed by atoms with E-state index in [2.05, 4.69) is 0 Å². The van der Waals surface area contributed by atoms with Gasteiger partial charge in [0.1, 0.15) is 24.4 Å². The van der Waals surface area contributed by atoms with Crippen molar-refractivity contribution in [2.45, 2.75) is 115 Å². The topological polar surface area (TPSA) is 72.5 Å². The maximum absolute atomic E-state index is 12.2. The Bertz CT molecular complexity index is 412. The van der Waals surface area contributed by atoms with Crippen LogP contribution in [0.4, 0.5) is 4.79 Å². The summed E-state index contributed by atoms with van der Waals surface area (Å²) in [5.41, 5.74) is -1.72. The minimum absolute atomic E-state index is 0.136. The van der Waals surface area contributed by atoms with Gasteiger partial charge in [-0.15, -0.1) is 0 Å². The number of hydrogen-bond donors (Lipinski definition) is 0. The first-order valence-electron chi connectivity index (χ1n) is 10.7. The molecule has 2 saturated carbocycles. The molecular weight excluding hydrogens is 364 g/mol. The van der Waals surface area contributed by atoms with E-state index in [0.29, 0.717) is 0 Å². The van der Waals surface area contributed by atoms with Crippen LogP contribution in [0.25, 0.3) is 0 Å².